The second-order valence-corrected chi connectivity index (χ2v) is 5.18. The van der Waals surface area contributed by atoms with Crippen LogP contribution in [0.3, 0.4) is 0 Å². The number of amides is 1. The Kier molecular flexibility index (Phi) is 2.66. The van der Waals surface area contributed by atoms with Crippen LogP contribution in [0.15, 0.2) is 0 Å². The number of hydrogen-bond acceptors (Lipinski definition) is 3. The molecule has 2 fully saturated rings. The summed E-state index contributed by atoms with van der Waals surface area (Å²) in [5, 5.41) is 11.8. The number of ether oxygens (including phenoxy) is 1. The predicted molar refractivity (Wildman–Crippen MR) is 55.8 cm³/mol. The minimum atomic E-state index is -0.882. The van der Waals surface area contributed by atoms with E-state index < -0.39 is 23.2 Å². The highest BCUT2D eigenvalue weighted by atomic mass is 16.5. The van der Waals surface area contributed by atoms with E-state index in [0.717, 1.165) is 6.42 Å². The van der Waals surface area contributed by atoms with Crippen molar-refractivity contribution in [2.24, 2.45) is 17.3 Å². The molecule has 5 heteroatoms. The van der Waals surface area contributed by atoms with E-state index in [1.54, 1.807) is 0 Å². The lowest BCUT2D eigenvalue weighted by atomic mass is 10.1. The molecule has 0 spiro atoms. The van der Waals surface area contributed by atoms with E-state index in [2.05, 4.69) is 5.32 Å². The first-order valence-corrected chi connectivity index (χ1v) is 5.55. The zero-order chi connectivity index (χ0) is 11.9. The molecule has 1 saturated carbocycles. The van der Waals surface area contributed by atoms with Gasteiger partial charge in [0.25, 0.3) is 0 Å². The van der Waals surface area contributed by atoms with Gasteiger partial charge in [0.15, 0.2) is 0 Å². The number of carbonyl (C=O) groups excluding carboxylic acids is 1. The van der Waals surface area contributed by atoms with Crippen molar-refractivity contribution in [3.63, 3.8) is 0 Å². The van der Waals surface area contributed by atoms with Crippen molar-refractivity contribution in [2.75, 3.05) is 13.2 Å². The lowest BCUT2D eigenvalue weighted by Crippen LogP contribution is -2.37. The van der Waals surface area contributed by atoms with Crippen molar-refractivity contribution in [3.05, 3.63) is 0 Å². The molecule has 5 nitrogen and oxygen atoms in total. The molecule has 2 N–H and O–H groups in total. The Morgan fingerprint density at radius 3 is 2.50 bits per heavy atom. The van der Waals surface area contributed by atoms with Gasteiger partial charge in [0, 0.05) is 6.61 Å². The Balaban J connectivity index is 1.93. The number of hydrogen-bond donors (Lipinski definition) is 2. The molecule has 2 rings (SSSR count). The molecule has 1 amide bonds. The van der Waals surface area contributed by atoms with Crippen LogP contribution in [0.25, 0.3) is 0 Å². The maximum Gasteiger partial charge on any atom is 0.307 e. The van der Waals surface area contributed by atoms with Crippen LogP contribution < -0.4 is 5.32 Å². The number of rotatable bonds is 3. The molecule has 0 aromatic carbocycles. The van der Waals surface area contributed by atoms with Gasteiger partial charge in [0.05, 0.1) is 24.5 Å². The van der Waals surface area contributed by atoms with Gasteiger partial charge in [-0.25, -0.2) is 0 Å². The molecule has 90 valence electrons. The lowest BCUT2D eigenvalue weighted by molar-refractivity contribution is -0.140. The number of carboxylic acids is 1. The maximum atomic E-state index is 11.9. The molecule has 0 aromatic rings. The van der Waals surface area contributed by atoms with Crippen LogP contribution in [0, 0.1) is 17.3 Å². The SMILES string of the molecule is CC1(C)C(C(=O)O)C1C(=O)NC1CCOC1. The van der Waals surface area contributed by atoms with Crippen molar-refractivity contribution in [1.29, 1.82) is 0 Å². The molecule has 1 saturated heterocycles. The van der Waals surface area contributed by atoms with E-state index in [1.807, 2.05) is 13.8 Å². The summed E-state index contributed by atoms with van der Waals surface area (Å²) in [7, 11) is 0. The van der Waals surface area contributed by atoms with Gasteiger partial charge in [-0.15, -0.1) is 0 Å². The summed E-state index contributed by atoms with van der Waals surface area (Å²) in [4.78, 5) is 22.8. The van der Waals surface area contributed by atoms with Crippen LogP contribution >= 0.6 is 0 Å². The van der Waals surface area contributed by atoms with Crippen molar-refractivity contribution in [1.82, 2.24) is 5.32 Å². The summed E-state index contributed by atoms with van der Waals surface area (Å²) in [5.41, 5.74) is -0.421. The van der Waals surface area contributed by atoms with Crippen LogP contribution in [0.1, 0.15) is 20.3 Å². The van der Waals surface area contributed by atoms with Crippen LogP contribution in [0.4, 0.5) is 0 Å². The van der Waals surface area contributed by atoms with Crippen molar-refractivity contribution >= 4 is 11.9 Å². The van der Waals surface area contributed by atoms with Gasteiger partial charge in [0.2, 0.25) is 5.91 Å². The quantitative estimate of drug-likeness (QED) is 0.724. The van der Waals surface area contributed by atoms with E-state index >= 15 is 0 Å². The fourth-order valence-corrected chi connectivity index (χ4v) is 2.53. The van der Waals surface area contributed by atoms with E-state index in [1.165, 1.54) is 0 Å². The van der Waals surface area contributed by atoms with Gasteiger partial charge in [-0.05, 0) is 11.8 Å². The molecule has 0 radical (unpaired) electrons. The third kappa shape index (κ3) is 1.80. The number of carbonyl (C=O) groups is 2. The Morgan fingerprint density at radius 2 is 2.06 bits per heavy atom. The molecule has 2 aliphatic rings. The smallest absolute Gasteiger partial charge is 0.307 e. The van der Waals surface area contributed by atoms with Gasteiger partial charge in [-0.1, -0.05) is 13.8 Å². The molecular weight excluding hydrogens is 210 g/mol. The summed E-state index contributed by atoms with van der Waals surface area (Å²) >= 11 is 0. The summed E-state index contributed by atoms with van der Waals surface area (Å²) in [6.45, 7) is 4.85. The lowest BCUT2D eigenvalue weighted by Gasteiger charge is -2.10. The van der Waals surface area contributed by atoms with Crippen molar-refractivity contribution in [3.8, 4) is 0 Å². The first-order valence-electron chi connectivity index (χ1n) is 5.55. The minimum Gasteiger partial charge on any atom is -0.481 e. The molecule has 0 bridgehead atoms. The third-order valence-electron chi connectivity index (χ3n) is 3.65. The average Bonchev–Trinajstić information content (AvgIpc) is 2.58. The number of carboxylic acid groups (broad SMARTS) is 1. The van der Waals surface area contributed by atoms with Crippen LogP contribution in [0.2, 0.25) is 0 Å². The largest absolute Gasteiger partial charge is 0.481 e. The van der Waals surface area contributed by atoms with Crippen molar-refractivity contribution < 1.29 is 19.4 Å². The van der Waals surface area contributed by atoms with Crippen LogP contribution in [0.5, 0.6) is 0 Å². The molecule has 3 atom stereocenters. The zero-order valence-corrected chi connectivity index (χ0v) is 9.53. The molecule has 1 heterocycles. The monoisotopic (exact) mass is 227 g/mol. The molecule has 1 aliphatic heterocycles. The molecule has 1 aliphatic carbocycles. The fraction of sp³-hybridized carbons (Fsp3) is 0.818. The highest BCUT2D eigenvalue weighted by molar-refractivity contribution is 5.91. The van der Waals surface area contributed by atoms with E-state index in [9.17, 15) is 9.59 Å². The van der Waals surface area contributed by atoms with Gasteiger partial charge in [-0.2, -0.15) is 0 Å². The number of nitrogens with one attached hydrogen (secondary N) is 1. The average molecular weight is 227 g/mol. The Labute approximate surface area is 94.2 Å². The second-order valence-electron chi connectivity index (χ2n) is 5.18. The number of aliphatic carboxylic acids is 1. The summed E-state index contributed by atoms with van der Waals surface area (Å²) in [5.74, 6) is -1.97. The van der Waals surface area contributed by atoms with Crippen molar-refractivity contribution in [2.45, 2.75) is 26.3 Å². The second kappa shape index (κ2) is 3.73. The fourth-order valence-electron chi connectivity index (χ4n) is 2.53. The predicted octanol–water partition coefficient (Wildman–Crippen LogP) is 0.248. The van der Waals surface area contributed by atoms with Gasteiger partial charge in [0.1, 0.15) is 0 Å². The first-order chi connectivity index (χ1) is 7.44. The van der Waals surface area contributed by atoms with E-state index in [0.29, 0.717) is 13.2 Å². The van der Waals surface area contributed by atoms with Gasteiger partial charge >= 0.3 is 5.97 Å². The highest BCUT2D eigenvalue weighted by Crippen LogP contribution is 2.58. The Hall–Kier alpha value is -1.10. The summed E-state index contributed by atoms with van der Waals surface area (Å²) in [6.07, 6.45) is 0.816. The maximum absolute atomic E-state index is 11.9. The molecule has 16 heavy (non-hydrogen) atoms. The van der Waals surface area contributed by atoms with Gasteiger partial charge < -0.3 is 15.2 Å². The minimum absolute atomic E-state index is 0.0540. The Morgan fingerprint density at radius 1 is 1.38 bits per heavy atom. The zero-order valence-electron chi connectivity index (χ0n) is 9.53. The summed E-state index contributed by atoms with van der Waals surface area (Å²) in [6, 6.07) is 0.0540. The Bertz CT molecular complexity index is 320. The van der Waals surface area contributed by atoms with E-state index in [4.69, 9.17) is 9.84 Å². The topological polar surface area (TPSA) is 75.6 Å². The normalized spacial score (nSPS) is 35.8. The standard InChI is InChI=1S/C11H17NO4/c1-11(2)7(8(11)10(14)15)9(13)12-6-3-4-16-5-6/h6-8H,3-5H2,1-2H3,(H,12,13)(H,14,15). The molecular formula is C11H17NO4. The van der Waals surface area contributed by atoms with Gasteiger partial charge in [-0.3, -0.25) is 9.59 Å². The summed E-state index contributed by atoms with van der Waals surface area (Å²) < 4.78 is 5.15. The first kappa shape index (κ1) is 11.4. The molecule has 3 unspecified atom stereocenters. The highest BCUT2D eigenvalue weighted by Gasteiger charge is 2.66. The van der Waals surface area contributed by atoms with E-state index in [-0.39, 0.29) is 11.9 Å². The van der Waals surface area contributed by atoms with Crippen LogP contribution in [-0.4, -0.2) is 36.2 Å². The molecule has 0 aromatic heterocycles. The third-order valence-corrected chi connectivity index (χ3v) is 3.65. The van der Waals surface area contributed by atoms with Crippen LogP contribution in [-0.2, 0) is 14.3 Å².